The molecule has 14 heavy (non-hydrogen) atoms. The van der Waals surface area contributed by atoms with Crippen molar-refractivity contribution in [3.63, 3.8) is 0 Å². The number of hydrogen-bond acceptors (Lipinski definition) is 2. The highest BCUT2D eigenvalue weighted by atomic mass is 16.3. The standard InChI is InChI=1S/C12H17NO/c1-8-6-9(3-5-12(8)14)10-2-4-11(13)7-10/h3,5-6,10-11,14H,2,4,7,13H2,1H3. The lowest BCUT2D eigenvalue weighted by Gasteiger charge is -2.11. The molecule has 0 amide bonds. The summed E-state index contributed by atoms with van der Waals surface area (Å²) in [5.41, 5.74) is 8.17. The third kappa shape index (κ3) is 1.75. The third-order valence-electron chi connectivity index (χ3n) is 3.17. The first-order valence-corrected chi connectivity index (χ1v) is 5.22. The van der Waals surface area contributed by atoms with Crippen molar-refractivity contribution >= 4 is 0 Å². The second-order valence-corrected chi connectivity index (χ2v) is 4.32. The van der Waals surface area contributed by atoms with Crippen LogP contribution in [0.3, 0.4) is 0 Å². The topological polar surface area (TPSA) is 46.2 Å². The van der Waals surface area contributed by atoms with Gasteiger partial charge in [-0.05, 0) is 49.3 Å². The SMILES string of the molecule is Cc1cc(C2CCC(N)C2)ccc1O. The van der Waals surface area contributed by atoms with E-state index >= 15 is 0 Å². The average molecular weight is 191 g/mol. The van der Waals surface area contributed by atoms with E-state index in [9.17, 15) is 5.11 Å². The largest absolute Gasteiger partial charge is 0.508 e. The van der Waals surface area contributed by atoms with Crippen LogP contribution in [0.1, 0.15) is 36.3 Å². The Morgan fingerprint density at radius 2 is 2.14 bits per heavy atom. The summed E-state index contributed by atoms with van der Waals surface area (Å²) in [5, 5.41) is 9.41. The molecule has 76 valence electrons. The Balaban J connectivity index is 2.20. The maximum atomic E-state index is 9.41. The molecule has 1 aromatic carbocycles. The number of benzene rings is 1. The smallest absolute Gasteiger partial charge is 0.118 e. The highest BCUT2D eigenvalue weighted by molar-refractivity contribution is 5.36. The minimum absolute atomic E-state index is 0.370. The van der Waals surface area contributed by atoms with Crippen LogP contribution in [-0.4, -0.2) is 11.1 Å². The number of phenols is 1. The Labute approximate surface area is 84.7 Å². The summed E-state index contributed by atoms with van der Waals surface area (Å²) in [4.78, 5) is 0. The highest BCUT2D eigenvalue weighted by Gasteiger charge is 2.23. The van der Waals surface area contributed by atoms with E-state index in [1.165, 1.54) is 12.0 Å². The van der Waals surface area contributed by atoms with E-state index < -0.39 is 0 Å². The molecule has 3 N–H and O–H groups in total. The van der Waals surface area contributed by atoms with Crippen LogP contribution < -0.4 is 5.73 Å². The van der Waals surface area contributed by atoms with Gasteiger partial charge >= 0.3 is 0 Å². The number of hydrogen-bond donors (Lipinski definition) is 2. The Hall–Kier alpha value is -1.02. The fraction of sp³-hybridized carbons (Fsp3) is 0.500. The van der Waals surface area contributed by atoms with Crippen LogP contribution in [0, 0.1) is 6.92 Å². The Morgan fingerprint density at radius 1 is 1.36 bits per heavy atom. The van der Waals surface area contributed by atoms with E-state index in [0.29, 0.717) is 17.7 Å². The van der Waals surface area contributed by atoms with Crippen molar-refractivity contribution in [3.8, 4) is 5.75 Å². The van der Waals surface area contributed by atoms with E-state index in [2.05, 4.69) is 6.07 Å². The molecule has 0 bridgehead atoms. The summed E-state index contributed by atoms with van der Waals surface area (Å²) in [7, 11) is 0. The predicted molar refractivity (Wildman–Crippen MR) is 57.4 cm³/mol. The van der Waals surface area contributed by atoms with E-state index in [-0.39, 0.29) is 0 Å². The lowest BCUT2D eigenvalue weighted by atomic mass is 9.96. The third-order valence-corrected chi connectivity index (χ3v) is 3.17. The van der Waals surface area contributed by atoms with Gasteiger partial charge in [-0.1, -0.05) is 12.1 Å². The van der Waals surface area contributed by atoms with Gasteiger partial charge < -0.3 is 10.8 Å². The van der Waals surface area contributed by atoms with Crippen molar-refractivity contribution in [3.05, 3.63) is 29.3 Å². The molecule has 1 aromatic rings. The molecule has 0 radical (unpaired) electrons. The van der Waals surface area contributed by atoms with Crippen molar-refractivity contribution < 1.29 is 5.11 Å². The number of aryl methyl sites for hydroxylation is 1. The van der Waals surface area contributed by atoms with E-state index in [1.807, 2.05) is 13.0 Å². The van der Waals surface area contributed by atoms with Crippen molar-refractivity contribution in [2.24, 2.45) is 5.73 Å². The molecule has 1 aliphatic rings. The van der Waals surface area contributed by atoms with Crippen LogP contribution >= 0.6 is 0 Å². The van der Waals surface area contributed by atoms with Crippen LogP contribution in [0.4, 0.5) is 0 Å². The molecular formula is C12H17NO. The van der Waals surface area contributed by atoms with Gasteiger partial charge in [0.15, 0.2) is 0 Å². The van der Waals surface area contributed by atoms with Gasteiger partial charge in [-0.15, -0.1) is 0 Å². The quantitative estimate of drug-likeness (QED) is 0.715. The zero-order chi connectivity index (χ0) is 10.1. The zero-order valence-corrected chi connectivity index (χ0v) is 8.53. The lowest BCUT2D eigenvalue weighted by Crippen LogP contribution is -2.14. The minimum Gasteiger partial charge on any atom is -0.508 e. The molecular weight excluding hydrogens is 174 g/mol. The summed E-state index contributed by atoms with van der Waals surface area (Å²) < 4.78 is 0. The predicted octanol–water partition coefficient (Wildman–Crippen LogP) is 2.30. The van der Waals surface area contributed by atoms with E-state index in [0.717, 1.165) is 18.4 Å². The highest BCUT2D eigenvalue weighted by Crippen LogP contribution is 2.34. The lowest BCUT2D eigenvalue weighted by molar-refractivity contribution is 0.470. The average Bonchev–Trinajstić information content (AvgIpc) is 2.57. The second-order valence-electron chi connectivity index (χ2n) is 4.32. The monoisotopic (exact) mass is 191 g/mol. The van der Waals surface area contributed by atoms with Gasteiger partial charge in [-0.3, -0.25) is 0 Å². The Morgan fingerprint density at radius 3 is 2.71 bits per heavy atom. The summed E-state index contributed by atoms with van der Waals surface area (Å²) >= 11 is 0. The summed E-state index contributed by atoms with van der Waals surface area (Å²) in [6.45, 7) is 1.94. The van der Waals surface area contributed by atoms with Crippen LogP contribution in [0.5, 0.6) is 5.75 Å². The number of phenolic OH excluding ortho intramolecular Hbond substituents is 1. The molecule has 0 spiro atoms. The van der Waals surface area contributed by atoms with Gasteiger partial charge in [-0.2, -0.15) is 0 Å². The number of nitrogens with two attached hydrogens (primary N) is 1. The van der Waals surface area contributed by atoms with Crippen molar-refractivity contribution in [2.45, 2.75) is 38.1 Å². The maximum Gasteiger partial charge on any atom is 0.118 e. The van der Waals surface area contributed by atoms with Crippen molar-refractivity contribution in [1.29, 1.82) is 0 Å². The van der Waals surface area contributed by atoms with E-state index in [1.54, 1.807) is 6.07 Å². The summed E-state index contributed by atoms with van der Waals surface area (Å²) in [5.74, 6) is 0.986. The molecule has 0 heterocycles. The van der Waals surface area contributed by atoms with Gasteiger partial charge in [0.2, 0.25) is 0 Å². The Kier molecular flexibility index (Phi) is 2.46. The zero-order valence-electron chi connectivity index (χ0n) is 8.53. The number of aromatic hydroxyl groups is 1. The maximum absolute atomic E-state index is 9.41. The van der Waals surface area contributed by atoms with Gasteiger partial charge in [0.25, 0.3) is 0 Å². The van der Waals surface area contributed by atoms with Crippen LogP contribution in [0.15, 0.2) is 18.2 Å². The molecule has 2 rings (SSSR count). The molecule has 2 atom stereocenters. The van der Waals surface area contributed by atoms with Crippen LogP contribution in [-0.2, 0) is 0 Å². The fourth-order valence-electron chi connectivity index (χ4n) is 2.25. The van der Waals surface area contributed by atoms with Gasteiger partial charge in [0.05, 0.1) is 0 Å². The first kappa shape index (κ1) is 9.53. The van der Waals surface area contributed by atoms with Gasteiger partial charge in [0.1, 0.15) is 5.75 Å². The number of rotatable bonds is 1. The molecule has 2 unspecified atom stereocenters. The van der Waals surface area contributed by atoms with Crippen molar-refractivity contribution in [1.82, 2.24) is 0 Å². The minimum atomic E-state index is 0.370. The Bertz CT molecular complexity index is 335. The van der Waals surface area contributed by atoms with Gasteiger partial charge in [-0.25, -0.2) is 0 Å². The first-order chi connectivity index (χ1) is 6.66. The molecule has 2 heteroatoms. The molecule has 0 aromatic heterocycles. The normalized spacial score (nSPS) is 26.7. The van der Waals surface area contributed by atoms with Gasteiger partial charge in [0, 0.05) is 6.04 Å². The molecule has 2 nitrogen and oxygen atoms in total. The van der Waals surface area contributed by atoms with Crippen LogP contribution in [0.25, 0.3) is 0 Å². The first-order valence-electron chi connectivity index (χ1n) is 5.22. The molecule has 0 saturated heterocycles. The molecule has 1 fully saturated rings. The van der Waals surface area contributed by atoms with Crippen LogP contribution in [0.2, 0.25) is 0 Å². The fourth-order valence-corrected chi connectivity index (χ4v) is 2.25. The van der Waals surface area contributed by atoms with Crippen molar-refractivity contribution in [2.75, 3.05) is 0 Å². The van der Waals surface area contributed by atoms with E-state index in [4.69, 9.17) is 5.73 Å². The molecule has 1 saturated carbocycles. The molecule has 0 aliphatic heterocycles. The second kappa shape index (κ2) is 3.62. The molecule has 1 aliphatic carbocycles. The summed E-state index contributed by atoms with van der Waals surface area (Å²) in [6.07, 6.45) is 3.40. The summed E-state index contributed by atoms with van der Waals surface area (Å²) in [6, 6.07) is 6.26.